The molecule has 2 aromatic carbocycles. The molecule has 7 heteroatoms. The molecule has 1 aliphatic rings. The maximum atomic E-state index is 12.8. The summed E-state index contributed by atoms with van der Waals surface area (Å²) in [5.41, 5.74) is 4.57. The van der Waals surface area contributed by atoms with Crippen LogP contribution in [0.3, 0.4) is 0 Å². The molecule has 0 aromatic heterocycles. The number of hydrogen-bond acceptors (Lipinski definition) is 4. The first-order chi connectivity index (χ1) is 16.6. The van der Waals surface area contributed by atoms with Crippen molar-refractivity contribution in [3.05, 3.63) is 71.3 Å². The molecule has 2 aromatic rings. The molecule has 0 fully saturated rings. The summed E-state index contributed by atoms with van der Waals surface area (Å²) in [6, 6.07) is 15.3. The maximum absolute atomic E-state index is 12.8. The van der Waals surface area contributed by atoms with Crippen molar-refractivity contribution < 1.29 is 24.2 Å². The van der Waals surface area contributed by atoms with E-state index in [0.29, 0.717) is 6.42 Å². The van der Waals surface area contributed by atoms with Gasteiger partial charge in [-0.25, -0.2) is 4.79 Å². The number of hydrogen-bond donors (Lipinski definition) is 3. The first kappa shape index (κ1) is 26.0. The molecule has 35 heavy (non-hydrogen) atoms. The molecule has 0 spiro atoms. The van der Waals surface area contributed by atoms with Gasteiger partial charge in [0, 0.05) is 12.5 Å². The van der Waals surface area contributed by atoms with E-state index in [-0.39, 0.29) is 31.4 Å². The lowest BCUT2D eigenvalue weighted by Crippen LogP contribution is -2.47. The highest BCUT2D eigenvalue weighted by atomic mass is 16.5. The van der Waals surface area contributed by atoms with Crippen molar-refractivity contribution in [2.75, 3.05) is 13.2 Å². The van der Waals surface area contributed by atoms with Gasteiger partial charge < -0.3 is 20.5 Å². The summed E-state index contributed by atoms with van der Waals surface area (Å²) >= 11 is 0. The van der Waals surface area contributed by atoms with Crippen molar-refractivity contribution in [3.63, 3.8) is 0 Å². The molecule has 0 bridgehead atoms. The number of allylic oxidation sites excluding steroid dienone is 1. The van der Waals surface area contributed by atoms with Gasteiger partial charge in [0.25, 0.3) is 0 Å². The molecule has 0 saturated carbocycles. The molecule has 0 heterocycles. The molecule has 2 amide bonds. The van der Waals surface area contributed by atoms with Gasteiger partial charge in [0.2, 0.25) is 5.91 Å². The minimum atomic E-state index is -0.955. The fourth-order valence-electron chi connectivity index (χ4n) is 4.10. The first-order valence-electron chi connectivity index (χ1n) is 11.9. The van der Waals surface area contributed by atoms with Crippen molar-refractivity contribution in [2.45, 2.75) is 52.5 Å². The third-order valence-electron chi connectivity index (χ3n) is 6.34. The fraction of sp³-hybridized carbons (Fsp3) is 0.393. The van der Waals surface area contributed by atoms with Gasteiger partial charge in [-0.3, -0.25) is 9.59 Å². The Bertz CT molecular complexity index is 1070. The first-order valence-corrected chi connectivity index (χ1v) is 11.9. The zero-order chi connectivity index (χ0) is 25.6. The minimum Gasteiger partial charge on any atom is -0.481 e. The van der Waals surface area contributed by atoms with Crippen LogP contribution >= 0.6 is 0 Å². The number of benzene rings is 2. The second-order valence-corrected chi connectivity index (χ2v) is 9.77. The zero-order valence-electron chi connectivity index (χ0n) is 20.8. The fourth-order valence-corrected chi connectivity index (χ4v) is 4.10. The molecular formula is C28H34N2O5. The molecule has 0 aliphatic heterocycles. The third kappa shape index (κ3) is 6.50. The van der Waals surface area contributed by atoms with E-state index in [4.69, 9.17) is 4.74 Å². The SMILES string of the molecule is CC(C)=CCC(NC(=O)OCC1c2ccccc2-c2ccccc21)C(=O)NCCC(C)(C)C(=O)O. The summed E-state index contributed by atoms with van der Waals surface area (Å²) in [6.07, 6.45) is 1.78. The smallest absolute Gasteiger partial charge is 0.407 e. The number of nitrogens with one attached hydrogen (secondary N) is 2. The van der Waals surface area contributed by atoms with Crippen molar-refractivity contribution in [1.82, 2.24) is 10.6 Å². The highest BCUT2D eigenvalue weighted by Gasteiger charge is 2.30. The Morgan fingerprint density at radius 2 is 1.60 bits per heavy atom. The molecule has 3 rings (SSSR count). The normalized spacial score (nSPS) is 13.3. The van der Waals surface area contributed by atoms with Crippen molar-refractivity contribution in [2.24, 2.45) is 5.41 Å². The van der Waals surface area contributed by atoms with Gasteiger partial charge in [0.15, 0.2) is 0 Å². The van der Waals surface area contributed by atoms with Crippen LogP contribution in [0.5, 0.6) is 0 Å². The number of ether oxygens (including phenoxy) is 1. The minimum absolute atomic E-state index is 0.0727. The Balaban J connectivity index is 1.62. The van der Waals surface area contributed by atoms with Crippen LogP contribution in [0.15, 0.2) is 60.2 Å². The van der Waals surface area contributed by atoms with Gasteiger partial charge in [-0.1, -0.05) is 60.2 Å². The molecule has 1 aliphatic carbocycles. The molecular weight excluding hydrogens is 444 g/mol. The number of fused-ring (bicyclic) bond motifs is 3. The van der Waals surface area contributed by atoms with Gasteiger partial charge in [0.1, 0.15) is 12.6 Å². The second kappa shape index (κ2) is 11.2. The zero-order valence-corrected chi connectivity index (χ0v) is 20.8. The average molecular weight is 479 g/mol. The van der Waals surface area contributed by atoms with E-state index >= 15 is 0 Å². The average Bonchev–Trinajstić information content (AvgIpc) is 3.13. The highest BCUT2D eigenvalue weighted by Crippen LogP contribution is 2.44. The Kier molecular flexibility index (Phi) is 8.33. The summed E-state index contributed by atoms with van der Waals surface area (Å²) in [5, 5.41) is 14.7. The quantitative estimate of drug-likeness (QED) is 0.423. The van der Waals surface area contributed by atoms with Crippen LogP contribution in [-0.2, 0) is 14.3 Å². The Hall–Kier alpha value is -3.61. The van der Waals surface area contributed by atoms with Gasteiger partial charge in [-0.15, -0.1) is 0 Å². The molecule has 7 nitrogen and oxygen atoms in total. The van der Waals surface area contributed by atoms with Crippen LogP contribution in [0.2, 0.25) is 0 Å². The summed E-state index contributed by atoms with van der Waals surface area (Å²) in [4.78, 5) is 36.8. The number of aliphatic carboxylic acids is 1. The molecule has 0 radical (unpaired) electrons. The summed E-state index contributed by atoms with van der Waals surface area (Å²) in [6.45, 7) is 7.39. The van der Waals surface area contributed by atoms with Gasteiger partial charge in [-0.2, -0.15) is 0 Å². The van der Waals surface area contributed by atoms with Crippen molar-refractivity contribution in [3.8, 4) is 11.1 Å². The largest absolute Gasteiger partial charge is 0.481 e. The molecule has 1 unspecified atom stereocenters. The van der Waals surface area contributed by atoms with Crippen LogP contribution in [0, 0.1) is 5.41 Å². The number of carboxylic acids is 1. The topological polar surface area (TPSA) is 105 Å². The van der Waals surface area contributed by atoms with E-state index < -0.39 is 23.5 Å². The Morgan fingerprint density at radius 3 is 2.14 bits per heavy atom. The lowest BCUT2D eigenvalue weighted by atomic mass is 9.89. The summed E-state index contributed by atoms with van der Waals surface area (Å²) in [7, 11) is 0. The second-order valence-electron chi connectivity index (χ2n) is 9.77. The van der Waals surface area contributed by atoms with E-state index in [1.807, 2.05) is 56.3 Å². The number of carbonyl (C=O) groups is 3. The molecule has 3 N–H and O–H groups in total. The van der Waals surface area contributed by atoms with E-state index in [0.717, 1.165) is 27.8 Å². The van der Waals surface area contributed by atoms with Crippen molar-refractivity contribution in [1.29, 1.82) is 0 Å². The molecule has 186 valence electrons. The van der Waals surface area contributed by atoms with E-state index in [1.165, 1.54) is 0 Å². The van der Waals surface area contributed by atoms with Crippen LogP contribution in [-0.4, -0.2) is 42.3 Å². The predicted molar refractivity (Wildman–Crippen MR) is 135 cm³/mol. The van der Waals surface area contributed by atoms with Gasteiger partial charge in [0.05, 0.1) is 5.41 Å². The monoisotopic (exact) mass is 478 g/mol. The van der Waals surface area contributed by atoms with Crippen LogP contribution in [0.4, 0.5) is 4.79 Å². The van der Waals surface area contributed by atoms with E-state index in [9.17, 15) is 19.5 Å². The number of rotatable bonds is 10. The lowest BCUT2D eigenvalue weighted by molar-refractivity contribution is -0.147. The number of carbonyl (C=O) groups excluding carboxylic acids is 2. The summed E-state index contributed by atoms with van der Waals surface area (Å²) in [5.74, 6) is -1.38. The standard InChI is InChI=1S/C28H34N2O5/c1-18(2)13-14-24(25(31)29-16-15-28(3,4)26(32)33)30-27(34)35-17-23-21-11-7-5-9-19(21)20-10-6-8-12-22(20)23/h5-13,23-24H,14-17H2,1-4H3,(H,29,31)(H,30,34)(H,32,33). The predicted octanol–water partition coefficient (Wildman–Crippen LogP) is 4.87. The summed E-state index contributed by atoms with van der Waals surface area (Å²) < 4.78 is 5.59. The number of amides is 2. The van der Waals surface area contributed by atoms with E-state index in [1.54, 1.807) is 13.8 Å². The van der Waals surface area contributed by atoms with Crippen LogP contribution in [0.25, 0.3) is 11.1 Å². The Morgan fingerprint density at radius 1 is 1.03 bits per heavy atom. The molecule has 1 atom stereocenters. The number of alkyl carbamates (subject to hydrolysis) is 1. The van der Waals surface area contributed by atoms with Crippen LogP contribution in [0.1, 0.15) is 57.6 Å². The lowest BCUT2D eigenvalue weighted by Gasteiger charge is -2.21. The highest BCUT2D eigenvalue weighted by molar-refractivity contribution is 5.86. The maximum Gasteiger partial charge on any atom is 0.407 e. The van der Waals surface area contributed by atoms with E-state index in [2.05, 4.69) is 22.8 Å². The van der Waals surface area contributed by atoms with Gasteiger partial charge >= 0.3 is 12.1 Å². The third-order valence-corrected chi connectivity index (χ3v) is 6.34. The van der Waals surface area contributed by atoms with Gasteiger partial charge in [-0.05, 0) is 62.8 Å². The molecule has 0 saturated heterocycles. The van der Waals surface area contributed by atoms with Crippen molar-refractivity contribution >= 4 is 18.0 Å². The number of carboxylic acid groups (broad SMARTS) is 1. The Labute approximate surface area is 206 Å². The van der Waals surface area contributed by atoms with Crippen LogP contribution < -0.4 is 10.6 Å².